The largest absolute Gasteiger partial charge is 0.339 e. The van der Waals surface area contributed by atoms with E-state index in [1.54, 1.807) is 11.3 Å². The van der Waals surface area contributed by atoms with E-state index < -0.39 is 11.6 Å². The lowest BCUT2D eigenvalue weighted by atomic mass is 10.1. The Morgan fingerprint density at radius 3 is 2.48 bits per heavy atom. The number of halogens is 2. The molecular weight excluding hydrogens is 364 g/mol. The Morgan fingerprint density at radius 2 is 1.74 bits per heavy atom. The summed E-state index contributed by atoms with van der Waals surface area (Å²) in [4.78, 5) is 11.4. The van der Waals surface area contributed by atoms with Crippen LogP contribution in [0.2, 0.25) is 0 Å². The highest BCUT2D eigenvalue weighted by Crippen LogP contribution is 2.35. The van der Waals surface area contributed by atoms with Gasteiger partial charge < -0.3 is 5.32 Å². The number of aryl methyl sites for hydroxylation is 2. The molecule has 136 valence electrons. The lowest BCUT2D eigenvalue weighted by Gasteiger charge is -2.10. The molecule has 27 heavy (non-hydrogen) atoms. The average Bonchev–Trinajstić information content (AvgIpc) is 2.93. The molecule has 2 heterocycles. The third-order valence-electron chi connectivity index (χ3n) is 4.46. The number of rotatable bonds is 4. The molecule has 4 aromatic rings. The maximum atomic E-state index is 13.6. The molecule has 0 aliphatic heterocycles. The molecule has 2 aromatic heterocycles. The Morgan fingerprint density at radius 1 is 0.963 bits per heavy atom. The molecule has 0 unspecified atom stereocenters. The minimum absolute atomic E-state index is 0.447. The summed E-state index contributed by atoms with van der Waals surface area (Å²) in [6, 6.07) is 13.7. The molecule has 0 aliphatic rings. The summed E-state index contributed by atoms with van der Waals surface area (Å²) in [6.07, 6.45) is 0.596. The van der Waals surface area contributed by atoms with Crippen LogP contribution in [-0.2, 0) is 6.42 Å². The molecule has 2 aromatic carbocycles. The van der Waals surface area contributed by atoms with E-state index in [9.17, 15) is 8.78 Å². The normalized spacial score (nSPS) is 11.1. The Labute approximate surface area is 159 Å². The molecule has 0 atom stereocenters. The van der Waals surface area contributed by atoms with Crippen LogP contribution < -0.4 is 5.32 Å². The van der Waals surface area contributed by atoms with Crippen molar-refractivity contribution < 1.29 is 8.78 Å². The smallest absolute Gasteiger partial charge is 0.160 e. The van der Waals surface area contributed by atoms with Crippen molar-refractivity contribution in [2.24, 2.45) is 0 Å². The molecule has 0 spiro atoms. The van der Waals surface area contributed by atoms with E-state index >= 15 is 0 Å². The minimum Gasteiger partial charge on any atom is -0.339 e. The van der Waals surface area contributed by atoms with Crippen molar-refractivity contribution in [3.63, 3.8) is 0 Å². The second kappa shape index (κ2) is 7.04. The van der Waals surface area contributed by atoms with Gasteiger partial charge in [-0.15, -0.1) is 11.3 Å². The van der Waals surface area contributed by atoms with Gasteiger partial charge in [-0.1, -0.05) is 30.3 Å². The topological polar surface area (TPSA) is 37.8 Å². The van der Waals surface area contributed by atoms with E-state index in [4.69, 9.17) is 4.98 Å². The molecule has 0 saturated carbocycles. The van der Waals surface area contributed by atoms with Gasteiger partial charge in [-0.25, -0.2) is 18.7 Å². The highest BCUT2D eigenvalue weighted by Gasteiger charge is 2.15. The zero-order valence-electron chi connectivity index (χ0n) is 14.9. The summed E-state index contributed by atoms with van der Waals surface area (Å²) >= 11 is 1.61. The third kappa shape index (κ3) is 3.53. The van der Waals surface area contributed by atoms with Crippen molar-refractivity contribution in [2.45, 2.75) is 20.3 Å². The Balaban J connectivity index is 1.79. The predicted octanol–water partition coefficient (Wildman–Crippen LogP) is 5.92. The number of hydrogen-bond acceptors (Lipinski definition) is 4. The van der Waals surface area contributed by atoms with E-state index in [-0.39, 0.29) is 0 Å². The summed E-state index contributed by atoms with van der Waals surface area (Å²) in [5.41, 5.74) is 2.65. The van der Waals surface area contributed by atoms with Crippen molar-refractivity contribution in [3.8, 4) is 0 Å². The van der Waals surface area contributed by atoms with Gasteiger partial charge in [0.05, 0.1) is 5.39 Å². The zero-order valence-corrected chi connectivity index (χ0v) is 15.7. The number of aromatic nitrogens is 2. The van der Waals surface area contributed by atoms with Crippen LogP contribution in [-0.4, -0.2) is 9.97 Å². The van der Waals surface area contributed by atoms with Gasteiger partial charge in [-0.2, -0.15) is 0 Å². The maximum absolute atomic E-state index is 13.6. The lowest BCUT2D eigenvalue weighted by Crippen LogP contribution is -2.02. The summed E-state index contributed by atoms with van der Waals surface area (Å²) in [5.74, 6) is -0.479. The van der Waals surface area contributed by atoms with Gasteiger partial charge in [-0.05, 0) is 37.1 Å². The average molecular weight is 381 g/mol. The van der Waals surface area contributed by atoms with E-state index in [0.717, 1.165) is 38.4 Å². The van der Waals surface area contributed by atoms with E-state index in [1.807, 2.05) is 44.2 Å². The van der Waals surface area contributed by atoms with Gasteiger partial charge in [-0.3, -0.25) is 0 Å². The molecule has 6 heteroatoms. The fourth-order valence-electron chi connectivity index (χ4n) is 2.95. The first kappa shape index (κ1) is 17.5. The van der Waals surface area contributed by atoms with Crippen LogP contribution in [0.3, 0.4) is 0 Å². The first-order chi connectivity index (χ1) is 13.0. The second-order valence-corrected chi connectivity index (χ2v) is 7.57. The fraction of sp³-hybridized carbons (Fsp3) is 0.143. The quantitative estimate of drug-likeness (QED) is 0.477. The van der Waals surface area contributed by atoms with Crippen LogP contribution in [0.4, 0.5) is 20.3 Å². The molecular formula is C21H17F2N3S. The first-order valence-electron chi connectivity index (χ1n) is 8.54. The van der Waals surface area contributed by atoms with Crippen LogP contribution in [0.5, 0.6) is 0 Å². The number of fused-ring (bicyclic) bond motifs is 1. The van der Waals surface area contributed by atoms with Gasteiger partial charge in [0, 0.05) is 23.1 Å². The van der Waals surface area contributed by atoms with Crippen LogP contribution in [0, 0.1) is 25.5 Å². The van der Waals surface area contributed by atoms with Crippen LogP contribution >= 0.6 is 11.3 Å². The lowest BCUT2D eigenvalue weighted by molar-refractivity contribution is 0.509. The van der Waals surface area contributed by atoms with Crippen molar-refractivity contribution in [1.82, 2.24) is 9.97 Å². The van der Waals surface area contributed by atoms with Crippen molar-refractivity contribution in [2.75, 3.05) is 5.32 Å². The van der Waals surface area contributed by atoms with E-state index in [0.29, 0.717) is 23.8 Å². The molecule has 0 fully saturated rings. The van der Waals surface area contributed by atoms with Gasteiger partial charge in [0.1, 0.15) is 16.5 Å². The molecule has 0 bridgehead atoms. The monoisotopic (exact) mass is 381 g/mol. The number of thiophene rings is 1. The molecule has 0 aliphatic carbocycles. The molecule has 1 N–H and O–H groups in total. The summed E-state index contributed by atoms with van der Waals surface area (Å²) in [6.45, 7) is 4.06. The van der Waals surface area contributed by atoms with Gasteiger partial charge in [0.25, 0.3) is 0 Å². The zero-order chi connectivity index (χ0) is 19.0. The van der Waals surface area contributed by atoms with Gasteiger partial charge >= 0.3 is 0 Å². The molecule has 0 amide bonds. The highest BCUT2D eigenvalue weighted by molar-refractivity contribution is 7.18. The number of nitrogens with one attached hydrogen (secondary N) is 1. The number of nitrogens with zero attached hydrogens (tertiary/aromatic N) is 2. The number of benzene rings is 2. The van der Waals surface area contributed by atoms with Crippen molar-refractivity contribution in [3.05, 3.63) is 82.0 Å². The van der Waals surface area contributed by atoms with Crippen LogP contribution in [0.1, 0.15) is 21.8 Å². The Kier molecular flexibility index (Phi) is 4.58. The third-order valence-corrected chi connectivity index (χ3v) is 5.56. The first-order valence-corrected chi connectivity index (χ1v) is 9.35. The standard InChI is InChI=1S/C21H17F2N3S/c1-12-13(2)27-21-19(12)20(24-15-8-9-16(22)17(23)11-15)25-18(26-21)10-14-6-4-3-5-7-14/h3-9,11H,10H2,1-2H3,(H,24,25,26). The van der Waals surface area contributed by atoms with Crippen LogP contribution in [0.25, 0.3) is 10.2 Å². The second-order valence-electron chi connectivity index (χ2n) is 6.37. The summed E-state index contributed by atoms with van der Waals surface area (Å²) < 4.78 is 26.8. The number of anilines is 2. The molecule has 0 saturated heterocycles. The molecule has 0 radical (unpaired) electrons. The molecule has 4 rings (SSSR count). The fourth-order valence-corrected chi connectivity index (χ4v) is 4.00. The van der Waals surface area contributed by atoms with E-state index in [1.165, 1.54) is 6.07 Å². The highest BCUT2D eigenvalue weighted by atomic mass is 32.1. The summed E-state index contributed by atoms with van der Waals surface area (Å²) in [7, 11) is 0. The minimum atomic E-state index is -0.895. The predicted molar refractivity (Wildman–Crippen MR) is 106 cm³/mol. The maximum Gasteiger partial charge on any atom is 0.160 e. The Bertz CT molecular complexity index is 1120. The van der Waals surface area contributed by atoms with Crippen LogP contribution in [0.15, 0.2) is 48.5 Å². The van der Waals surface area contributed by atoms with E-state index in [2.05, 4.69) is 10.3 Å². The summed E-state index contributed by atoms with van der Waals surface area (Å²) in [5, 5.41) is 4.06. The van der Waals surface area contributed by atoms with Crippen molar-refractivity contribution in [1.29, 1.82) is 0 Å². The van der Waals surface area contributed by atoms with Gasteiger partial charge in [0.15, 0.2) is 11.6 Å². The number of hydrogen-bond donors (Lipinski definition) is 1. The van der Waals surface area contributed by atoms with Crippen molar-refractivity contribution >= 4 is 33.1 Å². The molecule has 3 nitrogen and oxygen atoms in total. The Hall–Kier alpha value is -2.86. The van der Waals surface area contributed by atoms with Gasteiger partial charge in [0.2, 0.25) is 0 Å². The SMILES string of the molecule is Cc1sc2nc(Cc3ccccc3)nc(Nc3ccc(F)c(F)c3)c2c1C.